The van der Waals surface area contributed by atoms with E-state index in [0.29, 0.717) is 0 Å². The number of carbonyl (C=O) groups is 2. The Morgan fingerprint density at radius 1 is 1.27 bits per heavy atom. The molecule has 0 radical (unpaired) electrons. The van der Waals surface area contributed by atoms with Crippen LogP contribution in [0.2, 0.25) is 0 Å². The lowest BCUT2D eigenvalue weighted by atomic mass is 10.0. The number of methoxy groups -OCH3 is 1. The Bertz CT molecular complexity index is 679. The number of aromatic nitrogens is 2. The van der Waals surface area contributed by atoms with Gasteiger partial charge in [-0.3, -0.25) is 4.79 Å². The molecular weight excluding hydrogens is 332 g/mol. The van der Waals surface area contributed by atoms with E-state index in [1.807, 2.05) is 13.0 Å². The summed E-state index contributed by atoms with van der Waals surface area (Å²) >= 11 is 0. The molecule has 2 rings (SSSR count). The van der Waals surface area contributed by atoms with Gasteiger partial charge < -0.3 is 14.5 Å². The average molecular weight is 360 g/mol. The summed E-state index contributed by atoms with van der Waals surface area (Å²) in [5, 5.41) is 0. The Morgan fingerprint density at radius 3 is 2.50 bits per heavy atom. The van der Waals surface area contributed by atoms with Crippen LogP contribution in [0.25, 0.3) is 0 Å². The van der Waals surface area contributed by atoms with E-state index in [0.717, 1.165) is 49.3 Å². The molecule has 0 unspecified atom stereocenters. The molecule has 1 amide bonds. The monoisotopic (exact) mass is 360 g/mol. The SMILES string of the molecule is COC(=O)/C=C/C(=O)N(C)C1CCN(c2cc(C)nc(C(C)C)n2)CC1. The van der Waals surface area contributed by atoms with Gasteiger partial charge in [-0.05, 0) is 19.8 Å². The van der Waals surface area contributed by atoms with E-state index in [9.17, 15) is 9.59 Å². The molecule has 26 heavy (non-hydrogen) atoms. The minimum absolute atomic E-state index is 0.147. The number of nitrogens with zero attached hydrogens (tertiary/aromatic N) is 4. The molecule has 0 saturated carbocycles. The van der Waals surface area contributed by atoms with E-state index in [1.165, 1.54) is 13.2 Å². The van der Waals surface area contributed by atoms with E-state index >= 15 is 0 Å². The molecule has 0 N–H and O–H groups in total. The van der Waals surface area contributed by atoms with E-state index in [2.05, 4.69) is 28.5 Å². The van der Waals surface area contributed by atoms with Gasteiger partial charge in [0.2, 0.25) is 5.91 Å². The van der Waals surface area contributed by atoms with E-state index in [-0.39, 0.29) is 17.9 Å². The van der Waals surface area contributed by atoms with Crippen molar-refractivity contribution in [2.24, 2.45) is 0 Å². The third-order valence-electron chi connectivity index (χ3n) is 4.62. The second-order valence-electron chi connectivity index (χ2n) is 6.90. The maximum absolute atomic E-state index is 12.2. The minimum atomic E-state index is -0.526. The topological polar surface area (TPSA) is 75.6 Å². The first-order chi connectivity index (χ1) is 12.3. The fraction of sp³-hybridized carbons (Fsp3) is 0.579. The van der Waals surface area contributed by atoms with Crippen LogP contribution in [0.3, 0.4) is 0 Å². The number of esters is 1. The molecule has 1 fully saturated rings. The molecule has 1 aliphatic rings. The summed E-state index contributed by atoms with van der Waals surface area (Å²) in [4.78, 5) is 36.4. The molecule has 1 saturated heterocycles. The average Bonchev–Trinajstić information content (AvgIpc) is 2.64. The van der Waals surface area contributed by atoms with Gasteiger partial charge in [0, 0.05) is 56.0 Å². The third kappa shape index (κ3) is 5.03. The van der Waals surface area contributed by atoms with Crippen LogP contribution in [-0.4, -0.2) is 60.0 Å². The van der Waals surface area contributed by atoms with Crippen molar-refractivity contribution in [2.75, 3.05) is 32.1 Å². The van der Waals surface area contributed by atoms with Crippen LogP contribution in [0.15, 0.2) is 18.2 Å². The summed E-state index contributed by atoms with van der Waals surface area (Å²) in [5.41, 5.74) is 0.973. The second-order valence-corrected chi connectivity index (χ2v) is 6.90. The number of amides is 1. The van der Waals surface area contributed by atoms with Crippen molar-refractivity contribution in [2.45, 2.75) is 45.6 Å². The summed E-state index contributed by atoms with van der Waals surface area (Å²) < 4.78 is 4.51. The molecule has 0 aliphatic carbocycles. The lowest BCUT2D eigenvalue weighted by Crippen LogP contribution is -2.45. The number of ether oxygens (including phenoxy) is 1. The smallest absolute Gasteiger partial charge is 0.330 e. The number of piperidine rings is 1. The summed E-state index contributed by atoms with van der Waals surface area (Å²) in [6, 6.07) is 2.16. The Labute approximate surface area is 155 Å². The summed E-state index contributed by atoms with van der Waals surface area (Å²) in [7, 11) is 3.06. The van der Waals surface area contributed by atoms with Crippen molar-refractivity contribution < 1.29 is 14.3 Å². The molecule has 0 spiro atoms. The van der Waals surface area contributed by atoms with Crippen molar-refractivity contribution in [3.05, 3.63) is 29.7 Å². The molecule has 142 valence electrons. The van der Waals surface area contributed by atoms with Crippen molar-refractivity contribution in [3.8, 4) is 0 Å². The van der Waals surface area contributed by atoms with Crippen molar-refractivity contribution in [3.63, 3.8) is 0 Å². The van der Waals surface area contributed by atoms with Crippen LogP contribution in [0, 0.1) is 6.92 Å². The van der Waals surface area contributed by atoms with Gasteiger partial charge in [0.15, 0.2) is 0 Å². The van der Waals surface area contributed by atoms with E-state index in [4.69, 9.17) is 4.98 Å². The van der Waals surface area contributed by atoms with Gasteiger partial charge in [0.05, 0.1) is 7.11 Å². The fourth-order valence-corrected chi connectivity index (χ4v) is 2.98. The van der Waals surface area contributed by atoms with Gasteiger partial charge in [0.1, 0.15) is 11.6 Å². The maximum Gasteiger partial charge on any atom is 0.330 e. The lowest BCUT2D eigenvalue weighted by molar-refractivity contribution is -0.135. The molecule has 0 bridgehead atoms. The van der Waals surface area contributed by atoms with Crippen LogP contribution in [0.1, 0.15) is 44.1 Å². The Morgan fingerprint density at radius 2 is 1.92 bits per heavy atom. The normalized spacial score (nSPS) is 15.5. The molecular formula is C19H28N4O3. The van der Waals surface area contributed by atoms with Crippen LogP contribution in [-0.2, 0) is 14.3 Å². The molecule has 0 aromatic carbocycles. The standard InChI is InChI=1S/C19H28N4O3/c1-13(2)19-20-14(3)12-16(21-19)23-10-8-15(9-11-23)22(4)17(24)6-7-18(25)26-5/h6-7,12-13,15H,8-11H2,1-5H3/b7-6+. The van der Waals surface area contributed by atoms with Gasteiger partial charge in [0.25, 0.3) is 0 Å². The number of aryl methyl sites for hydroxylation is 1. The molecule has 0 atom stereocenters. The van der Waals surface area contributed by atoms with Crippen molar-refractivity contribution in [1.82, 2.24) is 14.9 Å². The van der Waals surface area contributed by atoms with Gasteiger partial charge in [-0.1, -0.05) is 13.8 Å². The van der Waals surface area contributed by atoms with Gasteiger partial charge in [-0.15, -0.1) is 0 Å². The summed E-state index contributed by atoms with van der Waals surface area (Å²) in [6.45, 7) is 7.83. The highest BCUT2D eigenvalue weighted by atomic mass is 16.5. The van der Waals surface area contributed by atoms with Gasteiger partial charge >= 0.3 is 5.97 Å². The highest BCUT2D eigenvalue weighted by molar-refractivity contribution is 5.94. The molecule has 1 aromatic heterocycles. The fourth-order valence-electron chi connectivity index (χ4n) is 2.98. The molecule has 7 nitrogen and oxygen atoms in total. The Balaban J connectivity index is 1.97. The number of likely N-dealkylation sites (N-methyl/N-ethyl adjacent to an activating group) is 1. The predicted octanol–water partition coefficient (Wildman–Crippen LogP) is 2.06. The highest BCUT2D eigenvalue weighted by Gasteiger charge is 2.25. The maximum atomic E-state index is 12.2. The number of carbonyl (C=O) groups excluding carboxylic acids is 2. The molecule has 1 aromatic rings. The summed E-state index contributed by atoms with van der Waals surface area (Å²) in [6.07, 6.45) is 4.13. The van der Waals surface area contributed by atoms with Crippen LogP contribution >= 0.6 is 0 Å². The largest absolute Gasteiger partial charge is 0.466 e. The summed E-state index contributed by atoms with van der Waals surface area (Å²) in [5.74, 6) is 1.40. The number of anilines is 1. The van der Waals surface area contributed by atoms with Crippen molar-refractivity contribution in [1.29, 1.82) is 0 Å². The van der Waals surface area contributed by atoms with Crippen LogP contribution in [0.5, 0.6) is 0 Å². The first-order valence-electron chi connectivity index (χ1n) is 8.95. The number of hydrogen-bond acceptors (Lipinski definition) is 6. The third-order valence-corrected chi connectivity index (χ3v) is 4.62. The van der Waals surface area contributed by atoms with E-state index < -0.39 is 5.97 Å². The van der Waals surface area contributed by atoms with Gasteiger partial charge in [-0.2, -0.15) is 0 Å². The zero-order chi connectivity index (χ0) is 19.3. The molecule has 7 heteroatoms. The van der Waals surface area contributed by atoms with Crippen molar-refractivity contribution >= 4 is 17.7 Å². The van der Waals surface area contributed by atoms with Gasteiger partial charge in [-0.25, -0.2) is 14.8 Å². The Hall–Kier alpha value is -2.44. The second kappa shape index (κ2) is 8.78. The zero-order valence-corrected chi connectivity index (χ0v) is 16.2. The van der Waals surface area contributed by atoms with Crippen LogP contribution < -0.4 is 4.90 Å². The molecule has 1 aliphatic heterocycles. The minimum Gasteiger partial charge on any atom is -0.466 e. The highest BCUT2D eigenvalue weighted by Crippen LogP contribution is 2.23. The zero-order valence-electron chi connectivity index (χ0n) is 16.2. The lowest BCUT2D eigenvalue weighted by Gasteiger charge is -2.37. The van der Waals surface area contributed by atoms with Crippen LogP contribution in [0.4, 0.5) is 5.82 Å². The number of rotatable bonds is 5. The first kappa shape index (κ1) is 19.9. The van der Waals surface area contributed by atoms with E-state index in [1.54, 1.807) is 11.9 Å². The number of hydrogen-bond donors (Lipinski definition) is 0. The quantitative estimate of drug-likeness (QED) is 0.591. The first-order valence-corrected chi connectivity index (χ1v) is 8.95. The predicted molar refractivity (Wildman–Crippen MR) is 100 cm³/mol. The molecule has 2 heterocycles. The Kier molecular flexibility index (Phi) is 6.71.